The second-order valence-electron chi connectivity index (χ2n) is 6.26. The van der Waals surface area contributed by atoms with Crippen molar-refractivity contribution in [2.24, 2.45) is 7.05 Å². The normalized spacial score (nSPS) is 20.0. The van der Waals surface area contributed by atoms with Crippen LogP contribution in [0.2, 0.25) is 0 Å². The Balaban J connectivity index is 1.63. The van der Waals surface area contributed by atoms with Crippen LogP contribution >= 0.6 is 0 Å². The third kappa shape index (κ3) is 2.33. The number of nitrogens with zero attached hydrogens (tertiary/aromatic N) is 2. The number of hydrogen-bond donors (Lipinski definition) is 1. The van der Waals surface area contributed by atoms with E-state index in [4.69, 9.17) is 4.74 Å². The quantitative estimate of drug-likeness (QED) is 0.874. The van der Waals surface area contributed by atoms with E-state index in [2.05, 4.69) is 34.8 Å². The Labute approximate surface area is 125 Å². The summed E-state index contributed by atoms with van der Waals surface area (Å²) in [7, 11) is 1.95. The number of benzene rings is 1. The zero-order chi connectivity index (χ0) is 14.3. The zero-order valence-electron chi connectivity index (χ0n) is 12.4. The molecule has 0 amide bonds. The van der Waals surface area contributed by atoms with E-state index >= 15 is 0 Å². The molecule has 1 N–H and O–H groups in total. The first-order valence-corrected chi connectivity index (χ1v) is 7.76. The third-order valence-corrected chi connectivity index (χ3v) is 4.79. The van der Waals surface area contributed by atoms with Gasteiger partial charge in [0, 0.05) is 18.8 Å². The van der Waals surface area contributed by atoms with Gasteiger partial charge in [-0.25, -0.2) is 0 Å². The maximum Gasteiger partial charge on any atom is 0.123 e. The van der Waals surface area contributed by atoms with Crippen LogP contribution in [0.15, 0.2) is 30.6 Å². The molecule has 1 saturated heterocycles. The summed E-state index contributed by atoms with van der Waals surface area (Å²) >= 11 is 0. The van der Waals surface area contributed by atoms with Crippen molar-refractivity contribution < 1.29 is 4.74 Å². The summed E-state index contributed by atoms with van der Waals surface area (Å²) < 4.78 is 8.24. The first-order valence-electron chi connectivity index (χ1n) is 7.76. The van der Waals surface area contributed by atoms with Crippen molar-refractivity contribution in [1.29, 1.82) is 0 Å². The largest absolute Gasteiger partial charge is 0.487 e. The molecule has 2 aromatic rings. The van der Waals surface area contributed by atoms with Gasteiger partial charge in [-0.1, -0.05) is 6.07 Å². The summed E-state index contributed by atoms with van der Waals surface area (Å²) in [6, 6.07) is 6.55. The molecule has 0 aliphatic carbocycles. The number of fused-ring (bicyclic) bond motifs is 1. The number of piperidine rings is 1. The van der Waals surface area contributed by atoms with Crippen LogP contribution in [0.5, 0.6) is 5.75 Å². The van der Waals surface area contributed by atoms with Crippen LogP contribution < -0.4 is 10.1 Å². The highest BCUT2D eigenvalue weighted by atomic mass is 16.5. The summed E-state index contributed by atoms with van der Waals surface area (Å²) in [4.78, 5) is 0. The molecule has 3 heterocycles. The predicted octanol–water partition coefficient (Wildman–Crippen LogP) is 2.53. The molecule has 1 aromatic carbocycles. The first kappa shape index (κ1) is 12.9. The molecule has 21 heavy (non-hydrogen) atoms. The second kappa shape index (κ2) is 4.88. The van der Waals surface area contributed by atoms with Gasteiger partial charge < -0.3 is 10.1 Å². The minimum Gasteiger partial charge on any atom is -0.487 e. The second-order valence-corrected chi connectivity index (χ2v) is 6.26. The molecule has 0 unspecified atom stereocenters. The van der Waals surface area contributed by atoms with Gasteiger partial charge in [-0.05, 0) is 62.0 Å². The van der Waals surface area contributed by atoms with Gasteiger partial charge in [0.1, 0.15) is 11.4 Å². The molecule has 4 heteroatoms. The zero-order valence-corrected chi connectivity index (χ0v) is 12.4. The first-order chi connectivity index (χ1) is 10.2. The highest BCUT2D eigenvalue weighted by Crippen LogP contribution is 2.39. The fourth-order valence-corrected chi connectivity index (χ4v) is 3.51. The topological polar surface area (TPSA) is 39.1 Å². The average Bonchev–Trinajstić information content (AvgIpc) is 2.94. The van der Waals surface area contributed by atoms with E-state index in [0.29, 0.717) is 0 Å². The Hall–Kier alpha value is -1.81. The molecule has 1 aromatic heterocycles. The van der Waals surface area contributed by atoms with Crippen LogP contribution in [-0.4, -0.2) is 28.5 Å². The Morgan fingerprint density at radius 2 is 2.05 bits per heavy atom. The molecule has 4 rings (SSSR count). The van der Waals surface area contributed by atoms with E-state index < -0.39 is 0 Å². The van der Waals surface area contributed by atoms with Crippen molar-refractivity contribution in [3.05, 3.63) is 36.2 Å². The molecule has 1 fully saturated rings. The van der Waals surface area contributed by atoms with E-state index in [1.54, 1.807) is 0 Å². The summed E-state index contributed by atoms with van der Waals surface area (Å²) in [5.74, 6) is 1.08. The Morgan fingerprint density at radius 1 is 1.19 bits per heavy atom. The van der Waals surface area contributed by atoms with Crippen LogP contribution in [0.1, 0.15) is 24.8 Å². The molecule has 0 radical (unpaired) electrons. The van der Waals surface area contributed by atoms with Crippen LogP contribution in [0.3, 0.4) is 0 Å². The summed E-state index contributed by atoms with van der Waals surface area (Å²) in [5, 5.41) is 7.68. The molecule has 0 saturated carbocycles. The van der Waals surface area contributed by atoms with E-state index in [-0.39, 0.29) is 5.60 Å². The van der Waals surface area contributed by atoms with Gasteiger partial charge in [-0.15, -0.1) is 0 Å². The molecule has 2 aliphatic heterocycles. The monoisotopic (exact) mass is 283 g/mol. The van der Waals surface area contributed by atoms with Crippen LogP contribution in [-0.2, 0) is 13.5 Å². The smallest absolute Gasteiger partial charge is 0.123 e. The predicted molar refractivity (Wildman–Crippen MR) is 82.4 cm³/mol. The highest BCUT2D eigenvalue weighted by Gasteiger charge is 2.37. The fraction of sp³-hybridized carbons (Fsp3) is 0.471. The van der Waals surface area contributed by atoms with Crippen LogP contribution in [0, 0.1) is 0 Å². The molecule has 110 valence electrons. The number of hydrogen-bond acceptors (Lipinski definition) is 3. The van der Waals surface area contributed by atoms with Crippen molar-refractivity contribution >= 4 is 0 Å². The van der Waals surface area contributed by atoms with E-state index in [9.17, 15) is 0 Å². The molecule has 4 nitrogen and oxygen atoms in total. The van der Waals surface area contributed by atoms with Crippen molar-refractivity contribution in [2.45, 2.75) is 31.3 Å². The average molecular weight is 283 g/mol. The minimum atomic E-state index is 0.0774. The van der Waals surface area contributed by atoms with Crippen molar-refractivity contribution in [3.63, 3.8) is 0 Å². The van der Waals surface area contributed by atoms with Gasteiger partial charge in [0.15, 0.2) is 0 Å². The van der Waals surface area contributed by atoms with Crippen molar-refractivity contribution in [2.75, 3.05) is 13.1 Å². The lowest BCUT2D eigenvalue weighted by molar-refractivity contribution is 0.0170. The SMILES string of the molecule is Cn1cc(-c2ccc3c(c2)CCC2(CCNCC2)O3)cn1. The van der Waals surface area contributed by atoms with E-state index in [0.717, 1.165) is 44.5 Å². The fourth-order valence-electron chi connectivity index (χ4n) is 3.51. The van der Waals surface area contributed by atoms with Crippen LogP contribution in [0.4, 0.5) is 0 Å². The molecule has 0 atom stereocenters. The molecular weight excluding hydrogens is 262 g/mol. The minimum absolute atomic E-state index is 0.0774. The van der Waals surface area contributed by atoms with Crippen LogP contribution in [0.25, 0.3) is 11.1 Å². The van der Waals surface area contributed by atoms with E-state index in [1.807, 2.05) is 17.9 Å². The molecular formula is C17H21N3O. The van der Waals surface area contributed by atoms with Gasteiger partial charge in [-0.2, -0.15) is 5.10 Å². The summed E-state index contributed by atoms with van der Waals surface area (Å²) in [6.45, 7) is 2.15. The lowest BCUT2D eigenvalue weighted by atomic mass is 9.83. The van der Waals surface area contributed by atoms with Gasteiger partial charge in [0.2, 0.25) is 0 Å². The summed E-state index contributed by atoms with van der Waals surface area (Å²) in [6.07, 6.45) is 8.47. The number of rotatable bonds is 1. The van der Waals surface area contributed by atoms with Crippen molar-refractivity contribution in [3.8, 4) is 16.9 Å². The maximum atomic E-state index is 6.40. The van der Waals surface area contributed by atoms with Gasteiger partial charge in [0.25, 0.3) is 0 Å². The van der Waals surface area contributed by atoms with Crippen molar-refractivity contribution in [1.82, 2.24) is 15.1 Å². The molecule has 2 aliphatic rings. The third-order valence-electron chi connectivity index (χ3n) is 4.79. The molecule has 1 spiro atoms. The number of nitrogens with one attached hydrogen (secondary N) is 1. The standard InChI is InChI=1S/C17H21N3O/c1-20-12-15(11-19-20)13-2-3-16-14(10-13)4-5-17(21-16)6-8-18-9-7-17/h2-3,10-12,18H,4-9H2,1H3. The Bertz CT molecular complexity index is 656. The number of aryl methyl sites for hydroxylation is 2. The number of ether oxygens (including phenoxy) is 1. The lowest BCUT2D eigenvalue weighted by Crippen LogP contribution is -2.48. The Kier molecular flexibility index (Phi) is 3.00. The highest BCUT2D eigenvalue weighted by molar-refractivity contribution is 5.64. The molecule has 0 bridgehead atoms. The Morgan fingerprint density at radius 3 is 2.81 bits per heavy atom. The lowest BCUT2D eigenvalue weighted by Gasteiger charge is -2.41. The maximum absolute atomic E-state index is 6.40. The summed E-state index contributed by atoms with van der Waals surface area (Å²) in [5.41, 5.74) is 3.81. The number of aromatic nitrogens is 2. The van der Waals surface area contributed by atoms with Gasteiger partial charge in [-0.3, -0.25) is 4.68 Å². The van der Waals surface area contributed by atoms with E-state index in [1.165, 1.54) is 16.7 Å². The van der Waals surface area contributed by atoms with Gasteiger partial charge >= 0.3 is 0 Å². The van der Waals surface area contributed by atoms with Gasteiger partial charge in [0.05, 0.1) is 6.20 Å².